The van der Waals surface area contributed by atoms with E-state index in [1.807, 2.05) is 32.0 Å². The van der Waals surface area contributed by atoms with Gasteiger partial charge in [0, 0.05) is 18.2 Å². The molecule has 2 aromatic carbocycles. The zero-order valence-corrected chi connectivity index (χ0v) is 20.5. The van der Waals surface area contributed by atoms with E-state index in [1.54, 1.807) is 9.25 Å². The molecular formula is C24H22N6O5S. The van der Waals surface area contributed by atoms with E-state index in [0.29, 0.717) is 27.6 Å². The molecule has 2 aromatic heterocycles. The van der Waals surface area contributed by atoms with Crippen molar-refractivity contribution in [3.8, 4) is 11.4 Å². The van der Waals surface area contributed by atoms with Crippen molar-refractivity contribution in [3.63, 3.8) is 0 Å². The Hall–Kier alpha value is -4.19. The number of nitrogens with zero attached hydrogens (tertiary/aromatic N) is 5. The molecule has 0 fully saturated rings. The number of aryl methyl sites for hydroxylation is 2. The summed E-state index contributed by atoms with van der Waals surface area (Å²) >= 11 is 1.41. The van der Waals surface area contributed by atoms with E-state index in [1.165, 1.54) is 43.3 Å². The third-order valence-corrected chi connectivity index (χ3v) is 7.14. The Morgan fingerprint density at radius 2 is 2.08 bits per heavy atom. The maximum Gasteiger partial charge on any atom is 0.273 e. The number of thioether (sulfide) groups is 1. The Morgan fingerprint density at radius 1 is 1.28 bits per heavy atom. The molecule has 12 heteroatoms. The molecule has 184 valence electrons. The van der Waals surface area contributed by atoms with E-state index in [-0.39, 0.29) is 29.3 Å². The van der Waals surface area contributed by atoms with Crippen LogP contribution in [-0.2, 0) is 4.79 Å². The van der Waals surface area contributed by atoms with Crippen molar-refractivity contribution in [2.75, 3.05) is 18.2 Å². The van der Waals surface area contributed by atoms with Crippen molar-refractivity contribution in [2.45, 2.75) is 31.5 Å². The molecule has 0 saturated heterocycles. The third kappa shape index (κ3) is 4.09. The van der Waals surface area contributed by atoms with Crippen LogP contribution in [0.15, 0.2) is 52.5 Å². The molecule has 1 unspecified atom stereocenters. The van der Waals surface area contributed by atoms with Gasteiger partial charge in [0.05, 0.1) is 41.7 Å². The van der Waals surface area contributed by atoms with Crippen molar-refractivity contribution in [1.29, 1.82) is 0 Å². The normalized spacial score (nSPS) is 14.6. The molecule has 0 radical (unpaired) electrons. The highest BCUT2D eigenvalue weighted by atomic mass is 32.2. The number of amides is 1. The van der Waals surface area contributed by atoms with Gasteiger partial charge in [-0.3, -0.25) is 24.3 Å². The summed E-state index contributed by atoms with van der Waals surface area (Å²) in [5.41, 5.74) is 3.40. The van der Waals surface area contributed by atoms with Crippen molar-refractivity contribution in [2.24, 2.45) is 0 Å². The Labute approximate surface area is 209 Å². The summed E-state index contributed by atoms with van der Waals surface area (Å²) in [7, 11) is 1.37. The second kappa shape index (κ2) is 9.11. The van der Waals surface area contributed by atoms with E-state index in [2.05, 4.69) is 10.4 Å². The molecule has 0 aliphatic carbocycles. The number of fused-ring (bicyclic) bond motifs is 2. The second-order valence-corrected chi connectivity index (χ2v) is 9.50. The first kappa shape index (κ1) is 23.5. The number of carbonyl (C=O) groups is 1. The van der Waals surface area contributed by atoms with Gasteiger partial charge < -0.3 is 10.1 Å². The summed E-state index contributed by atoms with van der Waals surface area (Å²) in [5, 5.41) is 19.1. The van der Waals surface area contributed by atoms with Gasteiger partial charge in [-0.05, 0) is 31.5 Å². The maximum absolute atomic E-state index is 13.4. The molecule has 1 aliphatic rings. The number of hydrogen-bond acceptors (Lipinski definition) is 8. The number of ether oxygens (including phenoxy) is 1. The minimum Gasteiger partial charge on any atom is -0.494 e. The molecule has 1 atom stereocenters. The number of nitro benzene ring substituents is 1. The van der Waals surface area contributed by atoms with Crippen molar-refractivity contribution >= 4 is 40.1 Å². The Kier molecular flexibility index (Phi) is 5.96. The van der Waals surface area contributed by atoms with Crippen molar-refractivity contribution < 1.29 is 14.5 Å². The summed E-state index contributed by atoms with van der Waals surface area (Å²) in [4.78, 5) is 41.4. The SMILES string of the molecule is COc1cc([N+](=O)[O-])ccc1NC(=O)CC1CSc2nc3c(cnn3-c3ccc(C)cc3C)c(=O)n21. The molecule has 36 heavy (non-hydrogen) atoms. The number of aromatic nitrogens is 4. The van der Waals surface area contributed by atoms with Gasteiger partial charge >= 0.3 is 0 Å². The summed E-state index contributed by atoms with van der Waals surface area (Å²) in [5.74, 6) is 0.341. The standard InChI is InChI=1S/C24H22N6O5S/c1-13-4-7-19(14(2)8-13)29-22-17(11-25-29)23(32)28-16(12-36-24(28)27-22)10-21(31)26-18-6-5-15(30(33)34)9-20(18)35-3/h4-9,11,16H,10,12H2,1-3H3,(H,26,31). The number of nitro groups is 1. The molecule has 11 nitrogen and oxygen atoms in total. The van der Waals surface area contributed by atoms with Gasteiger partial charge in [-0.1, -0.05) is 29.5 Å². The first-order valence-corrected chi connectivity index (χ1v) is 12.1. The molecule has 1 amide bonds. The minimum absolute atomic E-state index is 0.0262. The summed E-state index contributed by atoms with van der Waals surface area (Å²) in [6.45, 7) is 4.00. The van der Waals surface area contributed by atoms with Crippen LogP contribution in [0.3, 0.4) is 0 Å². The molecule has 1 aliphatic heterocycles. The van der Waals surface area contributed by atoms with Crippen LogP contribution in [0.1, 0.15) is 23.6 Å². The van der Waals surface area contributed by atoms with Crippen LogP contribution in [0.4, 0.5) is 11.4 Å². The largest absolute Gasteiger partial charge is 0.494 e. The van der Waals surface area contributed by atoms with Crippen molar-refractivity contribution in [1.82, 2.24) is 19.3 Å². The van der Waals surface area contributed by atoms with E-state index in [0.717, 1.165) is 16.8 Å². The van der Waals surface area contributed by atoms with Gasteiger partial charge in [0.1, 0.15) is 11.1 Å². The van der Waals surface area contributed by atoms with Gasteiger partial charge in [-0.2, -0.15) is 5.10 Å². The van der Waals surface area contributed by atoms with Crippen LogP contribution in [0.5, 0.6) is 5.75 Å². The minimum atomic E-state index is -0.538. The number of rotatable bonds is 6. The summed E-state index contributed by atoms with van der Waals surface area (Å²) in [6, 6.07) is 9.54. The highest BCUT2D eigenvalue weighted by Crippen LogP contribution is 2.35. The van der Waals surface area contributed by atoms with Crippen LogP contribution in [0.25, 0.3) is 16.7 Å². The van der Waals surface area contributed by atoms with Crippen LogP contribution >= 0.6 is 11.8 Å². The third-order valence-electron chi connectivity index (χ3n) is 6.04. The van der Waals surface area contributed by atoms with E-state index in [4.69, 9.17) is 9.72 Å². The molecule has 1 N–H and O–H groups in total. The zero-order chi connectivity index (χ0) is 25.6. The number of anilines is 1. The predicted molar refractivity (Wildman–Crippen MR) is 135 cm³/mol. The van der Waals surface area contributed by atoms with Crippen molar-refractivity contribution in [3.05, 3.63) is 74.2 Å². The molecular weight excluding hydrogens is 484 g/mol. The van der Waals surface area contributed by atoms with Crippen LogP contribution in [-0.4, -0.2) is 43.0 Å². The quantitative estimate of drug-likeness (QED) is 0.237. The summed E-state index contributed by atoms with van der Waals surface area (Å²) < 4.78 is 8.41. The van der Waals surface area contributed by atoms with E-state index >= 15 is 0 Å². The zero-order valence-electron chi connectivity index (χ0n) is 19.7. The number of benzene rings is 2. The molecule has 4 aromatic rings. The summed E-state index contributed by atoms with van der Waals surface area (Å²) in [6.07, 6.45) is 1.54. The average Bonchev–Trinajstić information content (AvgIpc) is 3.44. The number of non-ortho nitro benzene ring substituents is 1. The van der Waals surface area contributed by atoms with Gasteiger partial charge in [0.15, 0.2) is 10.8 Å². The maximum atomic E-state index is 13.4. The van der Waals surface area contributed by atoms with Crippen LogP contribution in [0, 0.1) is 24.0 Å². The Balaban J connectivity index is 1.42. The lowest BCUT2D eigenvalue weighted by Crippen LogP contribution is -2.27. The lowest BCUT2D eigenvalue weighted by Gasteiger charge is -2.15. The molecule has 5 rings (SSSR count). The average molecular weight is 507 g/mol. The van der Waals surface area contributed by atoms with Gasteiger partial charge in [0.2, 0.25) is 5.91 Å². The monoisotopic (exact) mass is 506 g/mol. The van der Waals surface area contributed by atoms with Gasteiger partial charge in [-0.15, -0.1) is 0 Å². The van der Waals surface area contributed by atoms with E-state index < -0.39 is 11.0 Å². The Bertz CT molecular complexity index is 1590. The van der Waals surface area contributed by atoms with E-state index in [9.17, 15) is 19.7 Å². The number of carbonyl (C=O) groups excluding carboxylic acids is 1. The smallest absolute Gasteiger partial charge is 0.273 e. The van der Waals surface area contributed by atoms with Gasteiger partial charge in [0.25, 0.3) is 11.2 Å². The first-order chi connectivity index (χ1) is 17.3. The van der Waals surface area contributed by atoms with Gasteiger partial charge in [-0.25, -0.2) is 9.67 Å². The number of nitrogens with one attached hydrogen (secondary N) is 1. The first-order valence-electron chi connectivity index (χ1n) is 11.1. The molecule has 0 spiro atoms. The predicted octanol–water partition coefficient (Wildman–Crippen LogP) is 3.79. The molecule has 0 bridgehead atoms. The fraction of sp³-hybridized carbons (Fsp3) is 0.250. The van der Waals surface area contributed by atoms with Crippen LogP contribution in [0.2, 0.25) is 0 Å². The number of hydrogen-bond donors (Lipinski definition) is 1. The lowest BCUT2D eigenvalue weighted by atomic mass is 10.1. The fourth-order valence-corrected chi connectivity index (χ4v) is 5.44. The lowest BCUT2D eigenvalue weighted by molar-refractivity contribution is -0.384. The highest BCUT2D eigenvalue weighted by Gasteiger charge is 2.30. The second-order valence-electron chi connectivity index (χ2n) is 8.51. The van der Waals surface area contributed by atoms with Crippen LogP contribution < -0.4 is 15.6 Å². The molecule has 3 heterocycles. The fourth-order valence-electron chi connectivity index (χ4n) is 4.31. The highest BCUT2D eigenvalue weighted by molar-refractivity contribution is 7.99. The topological polar surface area (TPSA) is 134 Å². The molecule has 0 saturated carbocycles. The Morgan fingerprint density at radius 3 is 2.81 bits per heavy atom. The number of methoxy groups -OCH3 is 1.